The number of ether oxygens (including phenoxy) is 1. The summed E-state index contributed by atoms with van der Waals surface area (Å²) in [5.41, 5.74) is 0. The summed E-state index contributed by atoms with van der Waals surface area (Å²) in [5, 5.41) is 9.29. The summed E-state index contributed by atoms with van der Waals surface area (Å²) in [4.78, 5) is 16.8. The molecule has 18 heavy (non-hydrogen) atoms. The zero-order valence-corrected chi connectivity index (χ0v) is 11.8. The number of unbranched alkanes of at least 4 members (excludes halogenated alkanes) is 5. The van der Waals surface area contributed by atoms with E-state index in [4.69, 9.17) is 14.5 Å². The van der Waals surface area contributed by atoms with E-state index >= 15 is 0 Å². The molecule has 6 nitrogen and oxygen atoms in total. The normalized spacial score (nSPS) is 13.8. The summed E-state index contributed by atoms with van der Waals surface area (Å²) in [6.07, 6.45) is 5.97. The molecule has 0 aromatic heterocycles. The molecule has 1 atom stereocenters. The Morgan fingerprint density at radius 2 is 1.67 bits per heavy atom. The van der Waals surface area contributed by atoms with Gasteiger partial charge in [-0.15, -0.1) is 0 Å². The monoisotopic (exact) mass is 284 g/mol. The fraction of sp³-hybridized carbons (Fsp3) is 1.00. The summed E-state index contributed by atoms with van der Waals surface area (Å²) in [6, 6.07) is 0. The van der Waals surface area contributed by atoms with Gasteiger partial charge in [0.1, 0.15) is 6.10 Å². The maximum absolute atomic E-state index is 10.4. The first-order valence-corrected chi connectivity index (χ1v) is 7.94. The Kier molecular flexibility index (Phi) is 10.9. The lowest BCUT2D eigenvalue weighted by Gasteiger charge is -2.12. The molecule has 0 aliphatic rings. The van der Waals surface area contributed by atoms with Crippen LogP contribution in [0.15, 0.2) is 0 Å². The van der Waals surface area contributed by atoms with Crippen LogP contribution < -0.4 is 0 Å². The molecule has 0 radical (unpaired) electrons. The molecular weight excluding hydrogens is 259 g/mol. The Bertz CT molecular complexity index is 230. The van der Waals surface area contributed by atoms with Crippen molar-refractivity contribution in [1.82, 2.24) is 0 Å². The molecule has 0 heterocycles. The Morgan fingerprint density at radius 3 is 2.28 bits per heavy atom. The molecule has 7 heteroatoms. The summed E-state index contributed by atoms with van der Waals surface area (Å²) in [7, 11) is -4.50. The minimum absolute atomic E-state index is 0.0367. The van der Waals surface area contributed by atoms with Crippen molar-refractivity contribution in [3.05, 3.63) is 0 Å². The van der Waals surface area contributed by atoms with Crippen LogP contribution in [-0.4, -0.2) is 40.8 Å². The highest BCUT2D eigenvalue weighted by Crippen LogP contribution is 2.35. The third kappa shape index (κ3) is 14.1. The van der Waals surface area contributed by atoms with E-state index in [0.29, 0.717) is 6.61 Å². The number of hydrogen-bond donors (Lipinski definition) is 3. The van der Waals surface area contributed by atoms with E-state index < -0.39 is 20.5 Å². The van der Waals surface area contributed by atoms with Crippen molar-refractivity contribution in [2.24, 2.45) is 0 Å². The Hall–Kier alpha value is 0.0300. The van der Waals surface area contributed by atoms with Crippen LogP contribution >= 0.6 is 7.82 Å². The molecule has 110 valence electrons. The van der Waals surface area contributed by atoms with Crippen molar-refractivity contribution in [1.29, 1.82) is 0 Å². The van der Waals surface area contributed by atoms with Gasteiger partial charge in [-0.2, -0.15) is 0 Å². The Labute approximate surface area is 109 Å². The van der Waals surface area contributed by atoms with Gasteiger partial charge in [-0.1, -0.05) is 39.0 Å². The standard InChI is InChI=1S/C11H25O6P/c1-2-3-4-5-6-7-8-16-9-11(12)10-17-18(13,14)15/h11-12H,2-10H2,1H3,(H2,13,14,15). The number of phosphoric acid groups is 1. The van der Waals surface area contributed by atoms with Crippen molar-refractivity contribution in [2.45, 2.75) is 51.6 Å². The van der Waals surface area contributed by atoms with Crippen molar-refractivity contribution in [3.63, 3.8) is 0 Å². The topological polar surface area (TPSA) is 96.2 Å². The van der Waals surface area contributed by atoms with Crippen LogP contribution in [0, 0.1) is 0 Å². The summed E-state index contributed by atoms with van der Waals surface area (Å²) in [5.74, 6) is 0. The third-order valence-corrected chi connectivity index (χ3v) is 2.87. The minimum atomic E-state index is -4.50. The van der Waals surface area contributed by atoms with Gasteiger partial charge in [-0.3, -0.25) is 4.52 Å². The van der Waals surface area contributed by atoms with E-state index in [-0.39, 0.29) is 6.61 Å². The SMILES string of the molecule is CCCCCCCCOCC(O)COP(=O)(O)O. The van der Waals surface area contributed by atoms with Gasteiger partial charge in [0.05, 0.1) is 13.2 Å². The van der Waals surface area contributed by atoms with Crippen LogP contribution in [0.25, 0.3) is 0 Å². The quantitative estimate of drug-likeness (QED) is 0.374. The van der Waals surface area contributed by atoms with Crippen molar-refractivity contribution in [2.75, 3.05) is 19.8 Å². The molecule has 0 saturated heterocycles. The fourth-order valence-corrected chi connectivity index (χ4v) is 1.80. The van der Waals surface area contributed by atoms with Crippen LogP contribution in [0.5, 0.6) is 0 Å². The fourth-order valence-electron chi connectivity index (χ4n) is 1.44. The van der Waals surface area contributed by atoms with Gasteiger partial charge in [-0.25, -0.2) is 4.57 Å². The molecule has 0 amide bonds. The number of hydrogen-bond acceptors (Lipinski definition) is 4. The molecular formula is C11H25O6P. The molecule has 0 aromatic rings. The molecule has 3 N–H and O–H groups in total. The van der Waals surface area contributed by atoms with E-state index in [1.807, 2.05) is 0 Å². The summed E-state index contributed by atoms with van der Waals surface area (Å²) >= 11 is 0. The van der Waals surface area contributed by atoms with Crippen molar-refractivity contribution in [3.8, 4) is 0 Å². The average Bonchev–Trinajstić information content (AvgIpc) is 2.29. The maximum Gasteiger partial charge on any atom is 0.469 e. The maximum atomic E-state index is 10.4. The first kappa shape index (κ1) is 18.0. The van der Waals surface area contributed by atoms with E-state index in [1.54, 1.807) is 0 Å². The van der Waals surface area contributed by atoms with Crippen LogP contribution in [0.2, 0.25) is 0 Å². The molecule has 0 aliphatic heterocycles. The molecule has 1 unspecified atom stereocenters. The highest BCUT2D eigenvalue weighted by Gasteiger charge is 2.16. The largest absolute Gasteiger partial charge is 0.469 e. The first-order valence-electron chi connectivity index (χ1n) is 6.41. The number of rotatable bonds is 12. The van der Waals surface area contributed by atoms with E-state index in [2.05, 4.69) is 11.4 Å². The van der Waals surface area contributed by atoms with Gasteiger partial charge in [0.2, 0.25) is 0 Å². The van der Waals surface area contributed by atoms with Gasteiger partial charge in [0, 0.05) is 6.61 Å². The van der Waals surface area contributed by atoms with Gasteiger partial charge in [-0.05, 0) is 6.42 Å². The van der Waals surface area contributed by atoms with Crippen LogP contribution in [0.4, 0.5) is 0 Å². The first-order chi connectivity index (χ1) is 8.45. The summed E-state index contributed by atoms with van der Waals surface area (Å²) in [6.45, 7) is 2.35. The van der Waals surface area contributed by atoms with Gasteiger partial charge in [0.15, 0.2) is 0 Å². The van der Waals surface area contributed by atoms with E-state index in [9.17, 15) is 9.67 Å². The lowest BCUT2D eigenvalue weighted by atomic mass is 10.1. The van der Waals surface area contributed by atoms with Crippen LogP contribution in [-0.2, 0) is 13.8 Å². The summed E-state index contributed by atoms with van der Waals surface area (Å²) < 4.78 is 19.7. The number of aliphatic hydroxyl groups is 1. The Morgan fingerprint density at radius 1 is 1.06 bits per heavy atom. The van der Waals surface area contributed by atoms with Gasteiger partial charge in [0.25, 0.3) is 0 Å². The third-order valence-electron chi connectivity index (χ3n) is 2.39. The lowest BCUT2D eigenvalue weighted by molar-refractivity contribution is 0.00476. The molecule has 0 aromatic carbocycles. The molecule has 0 fully saturated rings. The smallest absolute Gasteiger partial charge is 0.388 e. The second kappa shape index (κ2) is 10.9. The van der Waals surface area contributed by atoms with E-state index in [1.165, 1.54) is 25.7 Å². The van der Waals surface area contributed by atoms with E-state index in [0.717, 1.165) is 12.8 Å². The van der Waals surface area contributed by atoms with Gasteiger partial charge >= 0.3 is 7.82 Å². The van der Waals surface area contributed by atoms with Crippen LogP contribution in [0.3, 0.4) is 0 Å². The molecule has 0 spiro atoms. The Balaban J connectivity index is 3.25. The molecule has 0 aliphatic carbocycles. The predicted molar refractivity (Wildman–Crippen MR) is 68.2 cm³/mol. The average molecular weight is 284 g/mol. The molecule has 0 rings (SSSR count). The second-order valence-corrected chi connectivity index (χ2v) is 5.52. The predicted octanol–water partition coefficient (Wildman–Crippen LogP) is 1.83. The zero-order valence-electron chi connectivity index (χ0n) is 11.0. The number of phosphoric ester groups is 1. The van der Waals surface area contributed by atoms with Gasteiger partial charge < -0.3 is 19.6 Å². The highest BCUT2D eigenvalue weighted by molar-refractivity contribution is 7.46. The molecule has 0 bridgehead atoms. The van der Waals surface area contributed by atoms with Crippen molar-refractivity contribution < 1.29 is 28.7 Å². The number of aliphatic hydroxyl groups excluding tert-OH is 1. The van der Waals surface area contributed by atoms with Crippen molar-refractivity contribution >= 4 is 7.82 Å². The molecule has 0 saturated carbocycles. The highest BCUT2D eigenvalue weighted by atomic mass is 31.2. The van der Waals surface area contributed by atoms with Crippen LogP contribution in [0.1, 0.15) is 45.4 Å². The second-order valence-electron chi connectivity index (χ2n) is 4.28. The zero-order chi connectivity index (χ0) is 13.9. The lowest BCUT2D eigenvalue weighted by Crippen LogP contribution is -2.21. The minimum Gasteiger partial charge on any atom is -0.388 e.